The van der Waals surface area contributed by atoms with Crippen LogP contribution in [0.4, 0.5) is 0 Å². The van der Waals surface area contributed by atoms with E-state index in [1.54, 1.807) is 36.3 Å². The average molecular weight is 377 g/mol. The second-order valence-electron chi connectivity index (χ2n) is 8.21. The molecule has 27 heavy (non-hydrogen) atoms. The summed E-state index contributed by atoms with van der Waals surface area (Å²) in [5.41, 5.74) is 5.18. The third-order valence-electron chi connectivity index (χ3n) is 4.85. The number of nitrogens with two attached hydrogens (primary N) is 1. The maximum Gasteiger partial charge on any atom is 0.312 e. The maximum atomic E-state index is 12.8. The summed E-state index contributed by atoms with van der Waals surface area (Å²) in [5, 5.41) is 2.65. The van der Waals surface area contributed by atoms with E-state index in [1.165, 1.54) is 0 Å². The second kappa shape index (κ2) is 8.17. The van der Waals surface area contributed by atoms with Crippen LogP contribution in [0.25, 0.3) is 0 Å². The molecule has 0 aliphatic carbocycles. The fourth-order valence-electron chi connectivity index (χ4n) is 4.09. The van der Waals surface area contributed by atoms with Crippen molar-refractivity contribution in [2.24, 2.45) is 5.73 Å². The number of methoxy groups -OCH3 is 1. The Morgan fingerprint density at radius 1 is 1.11 bits per heavy atom. The monoisotopic (exact) mass is 377 g/mol. The van der Waals surface area contributed by atoms with Crippen LogP contribution in [-0.4, -0.2) is 54.1 Å². The first-order valence-corrected chi connectivity index (χ1v) is 9.22. The van der Waals surface area contributed by atoms with Crippen molar-refractivity contribution in [1.82, 2.24) is 10.2 Å². The van der Waals surface area contributed by atoms with Crippen LogP contribution in [0.1, 0.15) is 40.5 Å². The molecule has 1 aromatic rings. The molecule has 0 radical (unpaired) electrons. The van der Waals surface area contributed by atoms with Crippen LogP contribution in [0.5, 0.6) is 11.5 Å². The Labute approximate surface area is 161 Å². The van der Waals surface area contributed by atoms with Crippen molar-refractivity contribution in [3.05, 3.63) is 24.3 Å². The highest BCUT2D eigenvalue weighted by molar-refractivity contribution is 6.35. The zero-order valence-electron chi connectivity index (χ0n) is 16.9. The number of carbonyl (C=O) groups excluding carboxylic acids is 2. The molecule has 0 unspecified atom stereocenters. The van der Waals surface area contributed by atoms with Crippen LogP contribution >= 0.6 is 0 Å². The molecule has 1 saturated heterocycles. The van der Waals surface area contributed by atoms with Crippen molar-refractivity contribution in [3.63, 3.8) is 0 Å². The van der Waals surface area contributed by atoms with Gasteiger partial charge < -0.3 is 25.4 Å². The number of carbonyl (C=O) groups is 2. The van der Waals surface area contributed by atoms with Crippen molar-refractivity contribution in [3.8, 4) is 11.5 Å². The summed E-state index contributed by atoms with van der Waals surface area (Å²) < 4.78 is 10.7. The Balaban J connectivity index is 1.88. The minimum atomic E-state index is -0.620. The van der Waals surface area contributed by atoms with Crippen LogP contribution in [0.2, 0.25) is 0 Å². The molecule has 2 rings (SSSR count). The number of benzene rings is 1. The molecule has 150 valence electrons. The van der Waals surface area contributed by atoms with Crippen molar-refractivity contribution < 1.29 is 19.1 Å². The van der Waals surface area contributed by atoms with Gasteiger partial charge in [0, 0.05) is 17.1 Å². The smallest absolute Gasteiger partial charge is 0.312 e. The van der Waals surface area contributed by atoms with Gasteiger partial charge in [0.15, 0.2) is 0 Å². The molecule has 1 fully saturated rings. The van der Waals surface area contributed by atoms with Gasteiger partial charge in [-0.2, -0.15) is 0 Å². The molecule has 3 N–H and O–H groups in total. The molecule has 0 saturated carbocycles. The van der Waals surface area contributed by atoms with Gasteiger partial charge in [-0.3, -0.25) is 9.59 Å². The Morgan fingerprint density at radius 3 is 2.15 bits per heavy atom. The highest BCUT2D eigenvalue weighted by Gasteiger charge is 2.48. The summed E-state index contributed by atoms with van der Waals surface area (Å²) in [6.45, 7) is 8.31. The van der Waals surface area contributed by atoms with Gasteiger partial charge in [0.25, 0.3) is 0 Å². The van der Waals surface area contributed by atoms with Gasteiger partial charge in [-0.25, -0.2) is 0 Å². The zero-order chi connectivity index (χ0) is 20.2. The lowest BCUT2D eigenvalue weighted by molar-refractivity contribution is -0.159. The second-order valence-corrected chi connectivity index (χ2v) is 8.21. The van der Waals surface area contributed by atoms with E-state index in [4.69, 9.17) is 15.2 Å². The molecule has 0 bridgehead atoms. The summed E-state index contributed by atoms with van der Waals surface area (Å²) >= 11 is 0. The van der Waals surface area contributed by atoms with E-state index in [-0.39, 0.29) is 19.2 Å². The number of nitrogens with one attached hydrogen (secondary N) is 1. The van der Waals surface area contributed by atoms with Gasteiger partial charge in [0.05, 0.1) is 13.7 Å². The quantitative estimate of drug-likeness (QED) is 0.602. The standard InChI is InChI=1S/C20H31N3O4/c1-19(2)12-14(21)13-20(3,4)23(19)18(25)17(24)22-10-11-27-16-8-6-15(26-5)7-9-16/h6-9,14H,10-13,21H2,1-5H3,(H,22,24). The fourth-order valence-corrected chi connectivity index (χ4v) is 4.09. The van der Waals surface area contributed by atoms with E-state index in [9.17, 15) is 9.59 Å². The first-order valence-electron chi connectivity index (χ1n) is 9.22. The van der Waals surface area contributed by atoms with E-state index in [0.29, 0.717) is 18.6 Å². The molecular weight excluding hydrogens is 346 g/mol. The summed E-state index contributed by atoms with van der Waals surface area (Å²) in [6, 6.07) is 7.17. The summed E-state index contributed by atoms with van der Waals surface area (Å²) in [6.07, 6.45) is 1.33. The van der Waals surface area contributed by atoms with Crippen LogP contribution in [0.3, 0.4) is 0 Å². The first-order chi connectivity index (χ1) is 12.6. The highest BCUT2D eigenvalue weighted by atomic mass is 16.5. The number of hydrogen-bond acceptors (Lipinski definition) is 5. The third kappa shape index (κ3) is 5.13. The third-order valence-corrected chi connectivity index (χ3v) is 4.85. The van der Waals surface area contributed by atoms with Crippen LogP contribution in [0.15, 0.2) is 24.3 Å². The van der Waals surface area contributed by atoms with Crippen molar-refractivity contribution >= 4 is 11.8 Å². The summed E-state index contributed by atoms with van der Waals surface area (Å²) in [5.74, 6) is 0.266. The van der Waals surface area contributed by atoms with Crippen LogP contribution in [-0.2, 0) is 9.59 Å². The highest BCUT2D eigenvalue weighted by Crippen LogP contribution is 2.37. The lowest BCUT2D eigenvalue weighted by Crippen LogP contribution is -2.67. The SMILES string of the molecule is COc1ccc(OCCNC(=O)C(=O)N2C(C)(C)CC(N)CC2(C)C)cc1. The average Bonchev–Trinajstić information content (AvgIpc) is 2.56. The lowest BCUT2D eigenvalue weighted by Gasteiger charge is -2.54. The van der Waals surface area contributed by atoms with E-state index in [2.05, 4.69) is 5.32 Å². The predicted molar refractivity (Wildman–Crippen MR) is 104 cm³/mol. The molecular formula is C20H31N3O4. The van der Waals surface area contributed by atoms with Crippen molar-refractivity contribution in [2.45, 2.75) is 57.7 Å². The van der Waals surface area contributed by atoms with E-state index in [0.717, 1.165) is 5.75 Å². The number of hydrogen-bond donors (Lipinski definition) is 2. The van der Waals surface area contributed by atoms with E-state index >= 15 is 0 Å². The topological polar surface area (TPSA) is 93.9 Å². The molecule has 0 aromatic heterocycles. The number of piperidine rings is 1. The summed E-state index contributed by atoms with van der Waals surface area (Å²) in [7, 11) is 1.60. The molecule has 0 spiro atoms. The number of amides is 2. The molecule has 1 heterocycles. The van der Waals surface area contributed by atoms with Crippen LogP contribution in [0, 0.1) is 0 Å². The van der Waals surface area contributed by atoms with Gasteiger partial charge in [-0.15, -0.1) is 0 Å². The molecule has 7 heteroatoms. The predicted octanol–water partition coefficient (Wildman–Crippen LogP) is 1.70. The fraction of sp³-hybridized carbons (Fsp3) is 0.600. The zero-order valence-corrected chi connectivity index (χ0v) is 16.9. The van der Waals surface area contributed by atoms with Crippen LogP contribution < -0.4 is 20.5 Å². The van der Waals surface area contributed by atoms with Crippen molar-refractivity contribution in [1.29, 1.82) is 0 Å². The number of likely N-dealkylation sites (tertiary alicyclic amines) is 1. The molecule has 2 amide bonds. The number of rotatable bonds is 5. The van der Waals surface area contributed by atoms with Gasteiger partial charge in [-0.05, 0) is 64.8 Å². The van der Waals surface area contributed by atoms with Gasteiger partial charge in [0.2, 0.25) is 0 Å². The Morgan fingerprint density at radius 2 is 1.63 bits per heavy atom. The minimum Gasteiger partial charge on any atom is -0.497 e. The molecule has 0 atom stereocenters. The number of nitrogens with zero attached hydrogens (tertiary/aromatic N) is 1. The van der Waals surface area contributed by atoms with Gasteiger partial charge in [0.1, 0.15) is 18.1 Å². The Hall–Kier alpha value is -2.28. The Kier molecular flexibility index (Phi) is 6.36. The molecule has 1 aliphatic rings. The number of ether oxygens (including phenoxy) is 2. The summed E-state index contributed by atoms with van der Waals surface area (Å²) in [4.78, 5) is 26.8. The molecule has 1 aliphatic heterocycles. The van der Waals surface area contributed by atoms with Crippen molar-refractivity contribution in [2.75, 3.05) is 20.3 Å². The maximum absolute atomic E-state index is 12.8. The lowest BCUT2D eigenvalue weighted by atomic mass is 9.77. The van der Waals surface area contributed by atoms with Gasteiger partial charge >= 0.3 is 11.8 Å². The molecule has 1 aromatic carbocycles. The largest absolute Gasteiger partial charge is 0.497 e. The first kappa shape index (κ1) is 21.0. The normalized spacial score (nSPS) is 18.7. The van der Waals surface area contributed by atoms with E-state index in [1.807, 2.05) is 27.7 Å². The van der Waals surface area contributed by atoms with E-state index < -0.39 is 22.9 Å². The molecule has 7 nitrogen and oxygen atoms in total. The Bertz CT molecular complexity index is 652. The minimum absolute atomic E-state index is 0.0139. The van der Waals surface area contributed by atoms with Gasteiger partial charge in [-0.1, -0.05) is 0 Å².